The largest absolute Gasteiger partial charge is 0.452 e. The molecular weight excluding hydrogens is 330 g/mol. The van der Waals surface area contributed by atoms with Gasteiger partial charge in [-0.1, -0.05) is 0 Å². The van der Waals surface area contributed by atoms with Gasteiger partial charge in [-0.05, 0) is 51.1 Å². The van der Waals surface area contributed by atoms with Crippen LogP contribution in [0.4, 0.5) is 0 Å². The van der Waals surface area contributed by atoms with E-state index in [0.29, 0.717) is 6.04 Å². The molecule has 1 unspecified atom stereocenters. The zero-order chi connectivity index (χ0) is 10.6. The molecule has 0 aliphatic rings. The number of rotatable bonds is 5. The quantitative estimate of drug-likeness (QED) is 0.884. The smallest absolute Gasteiger partial charge is 0.183 e. The van der Waals surface area contributed by atoms with Crippen LogP contribution in [-0.4, -0.2) is 18.1 Å². The summed E-state index contributed by atoms with van der Waals surface area (Å²) in [4.78, 5) is 0. The number of nitrogens with one attached hydrogen (secondary N) is 1. The van der Waals surface area contributed by atoms with E-state index >= 15 is 0 Å². The Morgan fingerprint density at radius 2 is 2.29 bits per heavy atom. The van der Waals surface area contributed by atoms with Crippen LogP contribution < -0.4 is 5.32 Å². The van der Waals surface area contributed by atoms with Crippen LogP contribution in [0.3, 0.4) is 0 Å². The minimum absolute atomic E-state index is 0.507. The standard InChI is InChI=1S/C9H13Br2NOS/c1-6(5-14-2)12-4-7-3-8(10)9(11)13-7/h3,6,12H,4-5H2,1-2H3. The number of furan rings is 1. The summed E-state index contributed by atoms with van der Waals surface area (Å²) in [6.45, 7) is 2.94. The van der Waals surface area contributed by atoms with E-state index < -0.39 is 0 Å². The number of hydrogen-bond donors (Lipinski definition) is 1. The Hall–Kier alpha value is 0.550. The summed E-state index contributed by atoms with van der Waals surface area (Å²) in [6.07, 6.45) is 2.11. The predicted octanol–water partition coefficient (Wildman–Crippen LogP) is 3.65. The normalized spacial score (nSPS) is 13.1. The van der Waals surface area contributed by atoms with Gasteiger partial charge in [-0.3, -0.25) is 0 Å². The first kappa shape index (κ1) is 12.6. The first-order valence-electron chi connectivity index (χ1n) is 4.29. The minimum Gasteiger partial charge on any atom is -0.452 e. The lowest BCUT2D eigenvalue weighted by Crippen LogP contribution is -2.27. The number of halogens is 2. The lowest BCUT2D eigenvalue weighted by molar-refractivity contribution is 0.451. The maximum Gasteiger partial charge on any atom is 0.183 e. The number of thioether (sulfide) groups is 1. The fourth-order valence-corrected chi connectivity index (χ4v) is 2.34. The molecule has 1 aromatic rings. The predicted molar refractivity (Wildman–Crippen MR) is 68.8 cm³/mol. The van der Waals surface area contributed by atoms with Crippen LogP contribution in [0.1, 0.15) is 12.7 Å². The fraction of sp³-hybridized carbons (Fsp3) is 0.556. The Morgan fingerprint density at radius 1 is 1.57 bits per heavy atom. The topological polar surface area (TPSA) is 25.2 Å². The van der Waals surface area contributed by atoms with Crippen LogP contribution in [0.25, 0.3) is 0 Å². The van der Waals surface area contributed by atoms with Gasteiger partial charge in [0.2, 0.25) is 0 Å². The lowest BCUT2D eigenvalue weighted by atomic mass is 10.3. The van der Waals surface area contributed by atoms with Gasteiger partial charge < -0.3 is 9.73 Å². The zero-order valence-corrected chi connectivity index (χ0v) is 12.1. The van der Waals surface area contributed by atoms with E-state index in [0.717, 1.165) is 27.2 Å². The average Bonchev–Trinajstić information content (AvgIpc) is 2.44. The lowest BCUT2D eigenvalue weighted by Gasteiger charge is -2.10. The van der Waals surface area contributed by atoms with Crippen molar-refractivity contribution < 1.29 is 4.42 Å². The van der Waals surface area contributed by atoms with Crippen LogP contribution in [0, 0.1) is 0 Å². The van der Waals surface area contributed by atoms with Crippen molar-refractivity contribution in [3.05, 3.63) is 21.0 Å². The monoisotopic (exact) mass is 341 g/mol. The maximum atomic E-state index is 5.44. The van der Waals surface area contributed by atoms with Gasteiger partial charge in [-0.15, -0.1) is 0 Å². The van der Waals surface area contributed by atoms with Crippen molar-refractivity contribution in [2.75, 3.05) is 12.0 Å². The van der Waals surface area contributed by atoms with E-state index in [1.165, 1.54) is 0 Å². The van der Waals surface area contributed by atoms with E-state index in [9.17, 15) is 0 Å². The molecule has 1 atom stereocenters. The Labute approximate surface area is 105 Å². The summed E-state index contributed by atoms with van der Waals surface area (Å²) in [7, 11) is 0. The summed E-state index contributed by atoms with van der Waals surface area (Å²) in [6, 6.07) is 2.48. The second-order valence-electron chi connectivity index (χ2n) is 3.07. The highest BCUT2D eigenvalue weighted by molar-refractivity contribution is 9.13. The fourth-order valence-electron chi connectivity index (χ4n) is 1.06. The van der Waals surface area contributed by atoms with Crippen molar-refractivity contribution in [1.29, 1.82) is 0 Å². The van der Waals surface area contributed by atoms with Crippen LogP contribution >= 0.6 is 43.6 Å². The minimum atomic E-state index is 0.507. The van der Waals surface area contributed by atoms with Gasteiger partial charge in [0.1, 0.15) is 5.76 Å². The zero-order valence-electron chi connectivity index (χ0n) is 8.14. The van der Waals surface area contributed by atoms with Crippen molar-refractivity contribution in [2.24, 2.45) is 0 Å². The Kier molecular flexibility index (Phi) is 5.59. The van der Waals surface area contributed by atoms with Crippen molar-refractivity contribution in [3.63, 3.8) is 0 Å². The molecule has 1 aromatic heterocycles. The van der Waals surface area contributed by atoms with Crippen molar-refractivity contribution >= 4 is 43.6 Å². The molecule has 2 nitrogen and oxygen atoms in total. The molecule has 0 aliphatic heterocycles. The van der Waals surface area contributed by atoms with E-state index in [1.807, 2.05) is 17.8 Å². The van der Waals surface area contributed by atoms with Crippen LogP contribution in [0.2, 0.25) is 0 Å². The molecule has 1 heterocycles. The van der Waals surface area contributed by atoms with Crippen LogP contribution in [0.15, 0.2) is 19.6 Å². The first-order chi connectivity index (χ1) is 6.63. The summed E-state index contributed by atoms with van der Waals surface area (Å²) < 4.78 is 7.16. The molecular formula is C9H13Br2NOS. The molecule has 0 amide bonds. The van der Waals surface area contributed by atoms with Crippen molar-refractivity contribution in [1.82, 2.24) is 5.32 Å². The van der Waals surface area contributed by atoms with Crippen molar-refractivity contribution in [3.8, 4) is 0 Å². The summed E-state index contributed by atoms with van der Waals surface area (Å²) in [5, 5.41) is 3.38. The van der Waals surface area contributed by atoms with Gasteiger partial charge >= 0.3 is 0 Å². The molecule has 14 heavy (non-hydrogen) atoms. The van der Waals surface area contributed by atoms with Gasteiger partial charge in [0.25, 0.3) is 0 Å². The molecule has 0 radical (unpaired) electrons. The maximum absolute atomic E-state index is 5.44. The molecule has 0 saturated carbocycles. The molecule has 0 bridgehead atoms. The Morgan fingerprint density at radius 3 is 2.79 bits per heavy atom. The highest BCUT2D eigenvalue weighted by Crippen LogP contribution is 2.26. The molecule has 0 fully saturated rings. The van der Waals surface area contributed by atoms with Gasteiger partial charge in [-0.25, -0.2) is 0 Å². The Balaban J connectivity index is 2.38. The SMILES string of the molecule is CSCC(C)NCc1cc(Br)c(Br)o1. The second-order valence-corrected chi connectivity index (χ2v) is 5.56. The third kappa shape index (κ3) is 3.96. The third-order valence-corrected chi connectivity index (χ3v) is 4.28. The van der Waals surface area contributed by atoms with Crippen molar-refractivity contribution in [2.45, 2.75) is 19.5 Å². The van der Waals surface area contributed by atoms with Gasteiger partial charge in [-0.2, -0.15) is 11.8 Å². The summed E-state index contributed by atoms with van der Waals surface area (Å²) >= 11 is 8.53. The van der Waals surface area contributed by atoms with E-state index in [-0.39, 0.29) is 0 Å². The molecule has 0 spiro atoms. The van der Waals surface area contributed by atoms with Gasteiger partial charge in [0.05, 0.1) is 11.0 Å². The van der Waals surface area contributed by atoms with E-state index in [2.05, 4.69) is 50.4 Å². The van der Waals surface area contributed by atoms with Gasteiger partial charge in [0, 0.05) is 11.8 Å². The van der Waals surface area contributed by atoms with Crippen LogP contribution in [-0.2, 0) is 6.54 Å². The van der Waals surface area contributed by atoms with Gasteiger partial charge in [0.15, 0.2) is 4.67 Å². The van der Waals surface area contributed by atoms with E-state index in [1.54, 1.807) is 0 Å². The Bertz CT molecular complexity index is 271. The average molecular weight is 343 g/mol. The number of hydrogen-bond acceptors (Lipinski definition) is 3. The second kappa shape index (κ2) is 6.20. The first-order valence-corrected chi connectivity index (χ1v) is 7.27. The molecule has 1 rings (SSSR count). The molecule has 5 heteroatoms. The molecule has 0 saturated heterocycles. The summed E-state index contributed by atoms with van der Waals surface area (Å²) in [5.41, 5.74) is 0. The summed E-state index contributed by atoms with van der Waals surface area (Å²) in [5.74, 6) is 2.06. The van der Waals surface area contributed by atoms with Crippen LogP contribution in [0.5, 0.6) is 0 Å². The molecule has 0 aliphatic carbocycles. The van der Waals surface area contributed by atoms with E-state index in [4.69, 9.17) is 4.42 Å². The highest BCUT2D eigenvalue weighted by Gasteiger charge is 2.07. The highest BCUT2D eigenvalue weighted by atomic mass is 79.9. The molecule has 1 N–H and O–H groups in total. The molecule has 0 aromatic carbocycles. The molecule has 80 valence electrons. The third-order valence-electron chi connectivity index (χ3n) is 1.74.